The van der Waals surface area contributed by atoms with Crippen molar-refractivity contribution < 1.29 is 9.53 Å². The van der Waals surface area contributed by atoms with Crippen LogP contribution in [0.4, 0.5) is 0 Å². The zero-order chi connectivity index (χ0) is 14.8. The van der Waals surface area contributed by atoms with Crippen LogP contribution in [0, 0.1) is 0 Å². The SMILES string of the molecule is CCCNCc1ccccc1OCC(=O)N(CC)CC. The Hall–Kier alpha value is -1.55. The molecule has 0 saturated carbocycles. The summed E-state index contributed by atoms with van der Waals surface area (Å²) in [5, 5.41) is 3.35. The second-order valence-electron chi connectivity index (χ2n) is 4.64. The average molecular weight is 278 g/mol. The molecule has 0 spiro atoms. The zero-order valence-electron chi connectivity index (χ0n) is 12.8. The van der Waals surface area contributed by atoms with Crippen LogP contribution in [0.1, 0.15) is 32.8 Å². The van der Waals surface area contributed by atoms with E-state index < -0.39 is 0 Å². The number of hydrogen-bond acceptors (Lipinski definition) is 3. The van der Waals surface area contributed by atoms with Crippen LogP contribution in [0.5, 0.6) is 5.75 Å². The Bertz CT molecular complexity index is 403. The maximum absolute atomic E-state index is 11.9. The van der Waals surface area contributed by atoms with Crippen LogP contribution in [0.15, 0.2) is 24.3 Å². The average Bonchev–Trinajstić information content (AvgIpc) is 2.48. The van der Waals surface area contributed by atoms with Gasteiger partial charge in [0.05, 0.1) is 0 Å². The van der Waals surface area contributed by atoms with E-state index in [1.165, 1.54) is 0 Å². The minimum Gasteiger partial charge on any atom is -0.483 e. The maximum Gasteiger partial charge on any atom is 0.260 e. The third-order valence-corrected chi connectivity index (χ3v) is 3.18. The molecule has 0 heterocycles. The molecule has 0 radical (unpaired) electrons. The van der Waals surface area contributed by atoms with E-state index in [-0.39, 0.29) is 12.5 Å². The summed E-state index contributed by atoms with van der Waals surface area (Å²) >= 11 is 0. The van der Waals surface area contributed by atoms with Crippen molar-refractivity contribution in [2.45, 2.75) is 33.7 Å². The first-order chi connectivity index (χ1) is 9.72. The maximum atomic E-state index is 11.9. The first-order valence-corrected chi connectivity index (χ1v) is 7.42. The molecule has 1 amide bonds. The Kier molecular flexibility index (Phi) is 7.73. The largest absolute Gasteiger partial charge is 0.483 e. The van der Waals surface area contributed by atoms with Crippen LogP contribution in [0.25, 0.3) is 0 Å². The molecule has 1 N–H and O–H groups in total. The van der Waals surface area contributed by atoms with Gasteiger partial charge in [0.1, 0.15) is 5.75 Å². The lowest BCUT2D eigenvalue weighted by Crippen LogP contribution is -2.34. The highest BCUT2D eigenvalue weighted by molar-refractivity contribution is 5.77. The summed E-state index contributed by atoms with van der Waals surface area (Å²) in [6.07, 6.45) is 1.10. The second-order valence-corrected chi connectivity index (χ2v) is 4.64. The van der Waals surface area contributed by atoms with E-state index >= 15 is 0 Å². The predicted molar refractivity (Wildman–Crippen MR) is 81.9 cm³/mol. The predicted octanol–water partition coefficient (Wildman–Crippen LogP) is 2.43. The van der Waals surface area contributed by atoms with E-state index in [2.05, 4.69) is 12.2 Å². The standard InChI is InChI=1S/C16H26N2O2/c1-4-11-17-12-14-9-7-8-10-15(14)20-13-16(19)18(5-2)6-3/h7-10,17H,4-6,11-13H2,1-3H3. The summed E-state index contributed by atoms with van der Waals surface area (Å²) in [6, 6.07) is 7.86. The quantitative estimate of drug-likeness (QED) is 0.705. The van der Waals surface area contributed by atoms with Crippen molar-refractivity contribution >= 4 is 5.91 Å². The van der Waals surface area contributed by atoms with Crippen molar-refractivity contribution in [3.63, 3.8) is 0 Å². The van der Waals surface area contributed by atoms with Gasteiger partial charge in [-0.05, 0) is 32.9 Å². The number of rotatable bonds is 9. The summed E-state index contributed by atoms with van der Waals surface area (Å²) in [5.74, 6) is 0.822. The van der Waals surface area contributed by atoms with Crippen LogP contribution in [0.2, 0.25) is 0 Å². The van der Waals surface area contributed by atoms with E-state index in [1.807, 2.05) is 38.1 Å². The van der Waals surface area contributed by atoms with Gasteiger partial charge in [0.25, 0.3) is 5.91 Å². The van der Waals surface area contributed by atoms with E-state index in [0.717, 1.165) is 43.9 Å². The minimum absolute atomic E-state index is 0.0336. The summed E-state index contributed by atoms with van der Waals surface area (Å²) in [4.78, 5) is 13.7. The van der Waals surface area contributed by atoms with Crippen molar-refractivity contribution in [2.75, 3.05) is 26.2 Å². The Morgan fingerprint density at radius 3 is 2.55 bits per heavy atom. The van der Waals surface area contributed by atoms with Gasteiger partial charge in [0.2, 0.25) is 0 Å². The lowest BCUT2D eigenvalue weighted by atomic mass is 10.2. The Labute approximate surface area is 122 Å². The van der Waals surface area contributed by atoms with Crippen LogP contribution in [-0.4, -0.2) is 37.0 Å². The molecule has 0 unspecified atom stereocenters. The summed E-state index contributed by atoms with van der Waals surface area (Å²) < 4.78 is 5.68. The van der Waals surface area contributed by atoms with Crippen molar-refractivity contribution in [3.05, 3.63) is 29.8 Å². The van der Waals surface area contributed by atoms with Gasteiger partial charge in [-0.15, -0.1) is 0 Å². The number of nitrogens with one attached hydrogen (secondary N) is 1. The second kappa shape index (κ2) is 9.37. The minimum atomic E-state index is 0.0336. The van der Waals surface area contributed by atoms with Crippen molar-refractivity contribution in [1.29, 1.82) is 0 Å². The number of carbonyl (C=O) groups excluding carboxylic acids is 1. The normalized spacial score (nSPS) is 10.3. The third kappa shape index (κ3) is 5.21. The highest BCUT2D eigenvalue weighted by atomic mass is 16.5. The lowest BCUT2D eigenvalue weighted by Gasteiger charge is -2.19. The molecule has 0 aliphatic carbocycles. The number of carbonyl (C=O) groups is 1. The molecule has 0 bridgehead atoms. The first kappa shape index (κ1) is 16.5. The van der Waals surface area contributed by atoms with Crippen LogP contribution in [-0.2, 0) is 11.3 Å². The van der Waals surface area contributed by atoms with Gasteiger partial charge < -0.3 is 15.0 Å². The molecular weight excluding hydrogens is 252 g/mol. The van der Waals surface area contributed by atoms with Gasteiger partial charge in [0.15, 0.2) is 6.61 Å². The molecule has 0 fully saturated rings. The number of benzene rings is 1. The smallest absolute Gasteiger partial charge is 0.260 e. The fourth-order valence-electron chi connectivity index (χ4n) is 2.00. The van der Waals surface area contributed by atoms with Gasteiger partial charge in [-0.3, -0.25) is 4.79 Å². The van der Waals surface area contributed by atoms with Crippen LogP contribution < -0.4 is 10.1 Å². The number of hydrogen-bond donors (Lipinski definition) is 1. The summed E-state index contributed by atoms with van der Waals surface area (Å²) in [6.45, 7) is 9.38. The molecule has 1 aromatic carbocycles. The van der Waals surface area contributed by atoms with Gasteiger partial charge >= 0.3 is 0 Å². The molecular formula is C16H26N2O2. The van der Waals surface area contributed by atoms with Gasteiger partial charge in [-0.25, -0.2) is 0 Å². The number of para-hydroxylation sites is 1. The molecule has 0 saturated heterocycles. The molecule has 4 heteroatoms. The third-order valence-electron chi connectivity index (χ3n) is 3.18. The Morgan fingerprint density at radius 1 is 1.20 bits per heavy atom. The zero-order valence-corrected chi connectivity index (χ0v) is 12.8. The molecule has 0 aliphatic rings. The van der Waals surface area contributed by atoms with Gasteiger partial charge in [-0.2, -0.15) is 0 Å². The number of nitrogens with zero attached hydrogens (tertiary/aromatic N) is 1. The topological polar surface area (TPSA) is 41.6 Å². The molecule has 1 aromatic rings. The number of ether oxygens (including phenoxy) is 1. The molecule has 0 aromatic heterocycles. The van der Waals surface area contributed by atoms with E-state index in [9.17, 15) is 4.79 Å². The van der Waals surface area contributed by atoms with Crippen molar-refractivity contribution in [3.8, 4) is 5.75 Å². The van der Waals surface area contributed by atoms with Crippen molar-refractivity contribution in [2.24, 2.45) is 0 Å². The summed E-state index contributed by atoms with van der Waals surface area (Å²) in [7, 11) is 0. The molecule has 112 valence electrons. The van der Waals surface area contributed by atoms with Gasteiger partial charge in [-0.1, -0.05) is 25.1 Å². The molecule has 4 nitrogen and oxygen atoms in total. The van der Waals surface area contributed by atoms with E-state index in [0.29, 0.717) is 0 Å². The van der Waals surface area contributed by atoms with E-state index in [4.69, 9.17) is 4.74 Å². The lowest BCUT2D eigenvalue weighted by molar-refractivity contribution is -0.132. The summed E-state index contributed by atoms with van der Waals surface area (Å²) in [5.41, 5.74) is 1.09. The highest BCUT2D eigenvalue weighted by Crippen LogP contribution is 2.17. The van der Waals surface area contributed by atoms with E-state index in [1.54, 1.807) is 4.90 Å². The fourth-order valence-corrected chi connectivity index (χ4v) is 2.00. The molecule has 20 heavy (non-hydrogen) atoms. The van der Waals surface area contributed by atoms with Crippen LogP contribution >= 0.6 is 0 Å². The monoisotopic (exact) mass is 278 g/mol. The number of likely N-dealkylation sites (N-methyl/N-ethyl adjacent to an activating group) is 1. The number of amides is 1. The fraction of sp³-hybridized carbons (Fsp3) is 0.562. The van der Waals surface area contributed by atoms with Gasteiger partial charge in [0, 0.05) is 25.2 Å². The van der Waals surface area contributed by atoms with Crippen molar-refractivity contribution in [1.82, 2.24) is 10.2 Å². The highest BCUT2D eigenvalue weighted by Gasteiger charge is 2.11. The molecule has 0 aliphatic heterocycles. The van der Waals surface area contributed by atoms with Crippen LogP contribution in [0.3, 0.4) is 0 Å². The molecule has 0 atom stereocenters. The Balaban J connectivity index is 2.56. The molecule has 1 rings (SSSR count). The first-order valence-electron chi connectivity index (χ1n) is 7.42. The Morgan fingerprint density at radius 2 is 1.90 bits per heavy atom.